The number of fused-ring (bicyclic) bond motifs is 1. The first-order valence-electron chi connectivity index (χ1n) is 11.9. The van der Waals surface area contributed by atoms with Crippen LogP contribution in [0.25, 0.3) is 0 Å². The van der Waals surface area contributed by atoms with Crippen LogP contribution in [0.1, 0.15) is 22.9 Å². The summed E-state index contributed by atoms with van der Waals surface area (Å²) < 4.78 is 6.12. The van der Waals surface area contributed by atoms with Crippen LogP contribution in [0, 0.1) is 0 Å². The Hall–Kier alpha value is -3.28. The van der Waals surface area contributed by atoms with Crippen molar-refractivity contribution in [2.45, 2.75) is 23.9 Å². The molecule has 1 aromatic heterocycles. The largest absolute Gasteiger partial charge is 0.448 e. The van der Waals surface area contributed by atoms with Gasteiger partial charge in [0.15, 0.2) is 11.2 Å². The van der Waals surface area contributed by atoms with Crippen LogP contribution in [0.3, 0.4) is 0 Å². The van der Waals surface area contributed by atoms with Crippen molar-refractivity contribution in [1.29, 1.82) is 0 Å². The summed E-state index contributed by atoms with van der Waals surface area (Å²) in [6.07, 6.45) is 1.36. The number of rotatable bonds is 9. The predicted octanol–water partition coefficient (Wildman–Crippen LogP) is 3.62. The molecule has 0 aliphatic carbocycles. The summed E-state index contributed by atoms with van der Waals surface area (Å²) in [5, 5.41) is 4.54. The molecular formula is C27H26N4O4S3. The van der Waals surface area contributed by atoms with E-state index in [9.17, 15) is 14.4 Å². The normalized spacial score (nSPS) is 18.7. The summed E-state index contributed by atoms with van der Waals surface area (Å²) in [5.74, 6) is -0.0266. The first-order chi connectivity index (χ1) is 18.5. The molecule has 0 spiro atoms. The number of thiazole rings is 1. The van der Waals surface area contributed by atoms with Gasteiger partial charge in [0.2, 0.25) is 5.91 Å². The van der Waals surface area contributed by atoms with Gasteiger partial charge in [0.25, 0.3) is 5.91 Å². The van der Waals surface area contributed by atoms with E-state index in [4.69, 9.17) is 10.5 Å². The van der Waals surface area contributed by atoms with Crippen molar-refractivity contribution in [2.24, 2.45) is 0 Å². The second kappa shape index (κ2) is 11.6. The number of hydrogen-bond acceptors (Lipinski definition) is 9. The summed E-state index contributed by atoms with van der Waals surface area (Å²) in [4.78, 5) is 45.3. The van der Waals surface area contributed by atoms with E-state index in [1.165, 1.54) is 28.0 Å². The molecule has 196 valence electrons. The first kappa shape index (κ1) is 26.3. The van der Waals surface area contributed by atoms with Crippen LogP contribution in [-0.4, -0.2) is 56.8 Å². The molecule has 3 aromatic rings. The quantitative estimate of drug-likeness (QED) is 0.298. The Kier molecular flexibility index (Phi) is 8.06. The molecule has 2 atom stereocenters. The highest BCUT2D eigenvalue weighted by Crippen LogP contribution is 2.42. The molecule has 8 nitrogen and oxygen atoms in total. The minimum atomic E-state index is -0.721. The van der Waals surface area contributed by atoms with E-state index < -0.39 is 18.1 Å². The van der Waals surface area contributed by atoms with E-state index in [2.05, 4.69) is 10.3 Å². The van der Waals surface area contributed by atoms with Crippen molar-refractivity contribution in [3.05, 3.63) is 94.1 Å². The molecule has 1 fully saturated rings. The lowest BCUT2D eigenvalue weighted by Gasteiger charge is -2.49. The van der Waals surface area contributed by atoms with Gasteiger partial charge in [0.05, 0.1) is 12.1 Å². The van der Waals surface area contributed by atoms with Crippen molar-refractivity contribution in [1.82, 2.24) is 15.2 Å². The highest BCUT2D eigenvalue weighted by atomic mass is 32.2. The Morgan fingerprint density at radius 1 is 1.16 bits per heavy atom. The van der Waals surface area contributed by atoms with Crippen LogP contribution >= 0.6 is 34.9 Å². The second-order valence-electron chi connectivity index (χ2n) is 8.80. The molecule has 2 amide bonds. The molecule has 3 N–H and O–H groups in total. The van der Waals surface area contributed by atoms with Crippen LogP contribution in [0.15, 0.2) is 77.3 Å². The molecule has 3 heterocycles. The maximum atomic E-state index is 13.7. The number of nitrogens with zero attached hydrogens (tertiary/aromatic N) is 2. The lowest BCUT2D eigenvalue weighted by molar-refractivity contribution is -0.154. The zero-order valence-electron chi connectivity index (χ0n) is 20.5. The maximum absolute atomic E-state index is 13.7. The van der Waals surface area contributed by atoms with Crippen molar-refractivity contribution >= 4 is 57.8 Å². The molecule has 2 aliphatic rings. The van der Waals surface area contributed by atoms with E-state index in [0.29, 0.717) is 22.3 Å². The highest BCUT2D eigenvalue weighted by molar-refractivity contribution is 8.00. The number of aromatic nitrogens is 1. The number of amides is 2. The number of anilines is 1. The van der Waals surface area contributed by atoms with Gasteiger partial charge in [-0.05, 0) is 23.0 Å². The number of nitrogen functional groups attached to an aromatic ring is 1. The van der Waals surface area contributed by atoms with Crippen LogP contribution < -0.4 is 11.1 Å². The number of β-lactam (4-membered cyclic amide) rings is 1. The zero-order chi connectivity index (χ0) is 26.6. The van der Waals surface area contributed by atoms with Gasteiger partial charge in [-0.3, -0.25) is 14.5 Å². The Morgan fingerprint density at radius 3 is 2.39 bits per heavy atom. The van der Waals surface area contributed by atoms with Gasteiger partial charge < -0.3 is 15.8 Å². The fraction of sp³-hybridized carbons (Fsp3) is 0.259. The van der Waals surface area contributed by atoms with E-state index >= 15 is 0 Å². The minimum absolute atomic E-state index is 0.0349. The average molecular weight is 567 g/mol. The molecule has 2 aliphatic heterocycles. The smallest absolute Gasteiger partial charge is 0.356 e. The Morgan fingerprint density at radius 2 is 1.82 bits per heavy atom. The van der Waals surface area contributed by atoms with Gasteiger partial charge in [0, 0.05) is 16.9 Å². The molecule has 0 bridgehead atoms. The second-order valence-corrected chi connectivity index (χ2v) is 11.7. The first-order valence-corrected chi connectivity index (χ1v) is 15.2. The number of hydrogen-bond donors (Lipinski definition) is 2. The van der Waals surface area contributed by atoms with Gasteiger partial charge in [-0.15, -0.1) is 23.1 Å². The van der Waals surface area contributed by atoms with Crippen molar-refractivity contribution in [3.8, 4) is 0 Å². The molecule has 38 heavy (non-hydrogen) atoms. The van der Waals surface area contributed by atoms with E-state index in [1.54, 1.807) is 17.1 Å². The number of nitrogens with two attached hydrogens (primary N) is 1. The van der Waals surface area contributed by atoms with Crippen molar-refractivity contribution in [3.63, 3.8) is 0 Å². The van der Waals surface area contributed by atoms with Crippen LogP contribution in [0.2, 0.25) is 0 Å². The lowest BCUT2D eigenvalue weighted by Crippen LogP contribution is -2.70. The van der Waals surface area contributed by atoms with E-state index in [1.807, 2.05) is 66.9 Å². The summed E-state index contributed by atoms with van der Waals surface area (Å²) in [5.41, 5.74) is 9.01. The third kappa shape index (κ3) is 5.45. The molecule has 0 saturated carbocycles. The molecule has 11 heteroatoms. The van der Waals surface area contributed by atoms with Gasteiger partial charge in [-0.1, -0.05) is 60.7 Å². The average Bonchev–Trinajstić information content (AvgIpc) is 3.35. The van der Waals surface area contributed by atoms with Gasteiger partial charge >= 0.3 is 5.97 Å². The van der Waals surface area contributed by atoms with Crippen LogP contribution in [0.4, 0.5) is 5.13 Å². The van der Waals surface area contributed by atoms with Crippen LogP contribution in [-0.2, 0) is 25.5 Å². The fourth-order valence-electron chi connectivity index (χ4n) is 4.50. The summed E-state index contributed by atoms with van der Waals surface area (Å²) in [6.45, 7) is 0. The molecule has 2 aromatic carbocycles. The number of esters is 1. The Bertz CT molecular complexity index is 1320. The SMILES string of the molecule is CSCC1=C(C(=O)OC(c2ccccc2)c2ccccc2)N2C(=O)C(NC(=O)Cc3csc(N)n3)[C@@H]2SC1. The number of nitrogens with one attached hydrogen (secondary N) is 1. The minimum Gasteiger partial charge on any atom is -0.448 e. The third-order valence-corrected chi connectivity index (χ3v) is 8.92. The lowest BCUT2D eigenvalue weighted by atomic mass is 10.0. The fourth-order valence-corrected chi connectivity index (χ4v) is 7.12. The number of carbonyl (C=O) groups excluding carboxylic acids is 3. The van der Waals surface area contributed by atoms with Crippen LogP contribution in [0.5, 0.6) is 0 Å². The standard InChI is InChI=1S/C27H26N4O4S3/c1-36-13-18-14-37-25-21(30-20(32)12-19-15-38-27(28)29-19)24(33)31(25)22(18)26(34)35-23(16-8-4-2-5-9-16)17-10-6-3-7-11-17/h2-11,15,21,23,25H,12-14H2,1H3,(H2,28,29)(H,30,32)/t21?,25-/m0/s1. The monoisotopic (exact) mass is 566 g/mol. The molecule has 1 unspecified atom stereocenters. The third-order valence-electron chi connectivity index (χ3n) is 6.22. The van der Waals surface area contributed by atoms with Gasteiger partial charge in [-0.25, -0.2) is 9.78 Å². The highest BCUT2D eigenvalue weighted by Gasteiger charge is 2.54. The zero-order valence-corrected chi connectivity index (χ0v) is 23.0. The molecule has 1 saturated heterocycles. The van der Waals surface area contributed by atoms with E-state index in [0.717, 1.165) is 16.7 Å². The predicted molar refractivity (Wildman–Crippen MR) is 151 cm³/mol. The topological polar surface area (TPSA) is 115 Å². The number of thioether (sulfide) groups is 2. The van der Waals surface area contributed by atoms with Crippen molar-refractivity contribution in [2.75, 3.05) is 23.5 Å². The molecule has 5 rings (SSSR count). The van der Waals surface area contributed by atoms with Crippen molar-refractivity contribution < 1.29 is 19.1 Å². The number of benzene rings is 2. The summed E-state index contributed by atoms with van der Waals surface area (Å²) >= 11 is 4.38. The Balaban J connectivity index is 1.36. The summed E-state index contributed by atoms with van der Waals surface area (Å²) in [6, 6.07) is 18.4. The Labute approximate surface area is 233 Å². The molecule has 0 radical (unpaired) electrons. The number of ether oxygens (including phenoxy) is 1. The van der Waals surface area contributed by atoms with Gasteiger partial charge in [-0.2, -0.15) is 11.8 Å². The van der Waals surface area contributed by atoms with Gasteiger partial charge in [0.1, 0.15) is 17.1 Å². The summed E-state index contributed by atoms with van der Waals surface area (Å²) in [7, 11) is 0. The number of carbonyl (C=O) groups is 3. The van der Waals surface area contributed by atoms with E-state index in [-0.39, 0.29) is 29.3 Å². The molecular weight excluding hydrogens is 541 g/mol. The maximum Gasteiger partial charge on any atom is 0.356 e.